The van der Waals surface area contributed by atoms with Gasteiger partial charge in [-0.05, 0) is 46.2 Å². The van der Waals surface area contributed by atoms with Gasteiger partial charge in [-0.3, -0.25) is 4.57 Å². The zero-order chi connectivity index (χ0) is 19.6. The molecule has 3 rings (SSSR count). The third kappa shape index (κ3) is 3.93. The van der Waals surface area contributed by atoms with E-state index in [9.17, 15) is 9.46 Å². The third-order valence-electron chi connectivity index (χ3n) is 4.97. The third-order valence-corrected chi connectivity index (χ3v) is 7.09. The normalized spacial score (nSPS) is 13.7. The fourth-order valence-electron chi connectivity index (χ4n) is 3.48. The molecule has 27 heavy (non-hydrogen) atoms. The molecule has 0 saturated carbocycles. The molecule has 1 N–H and O–H groups in total. The second kappa shape index (κ2) is 7.84. The van der Waals surface area contributed by atoms with Gasteiger partial charge in [-0.15, -0.1) is 0 Å². The molecule has 0 aliphatic heterocycles. The molecule has 0 heterocycles. The Morgan fingerprint density at radius 2 is 1.15 bits per heavy atom. The first-order chi connectivity index (χ1) is 12.8. The lowest BCUT2D eigenvalue weighted by Gasteiger charge is -2.24. The molecule has 2 nitrogen and oxygen atoms in total. The van der Waals surface area contributed by atoms with Crippen LogP contribution in [-0.4, -0.2) is 4.89 Å². The highest BCUT2D eigenvalue weighted by Crippen LogP contribution is 2.43. The lowest BCUT2D eigenvalue weighted by molar-refractivity contribution is 0.500. The molecule has 0 aliphatic carbocycles. The summed E-state index contributed by atoms with van der Waals surface area (Å²) >= 11 is 0. The van der Waals surface area contributed by atoms with Crippen LogP contribution >= 0.6 is 7.37 Å². The molecule has 0 amide bonds. The van der Waals surface area contributed by atoms with Crippen LogP contribution in [0.15, 0.2) is 72.8 Å². The zero-order valence-electron chi connectivity index (χ0n) is 16.4. The highest BCUT2D eigenvalue weighted by Gasteiger charge is 2.31. The Morgan fingerprint density at radius 3 is 1.63 bits per heavy atom. The average Bonchev–Trinajstić information content (AvgIpc) is 2.68. The summed E-state index contributed by atoms with van der Waals surface area (Å²) in [6, 6.07) is 23.5. The summed E-state index contributed by atoms with van der Waals surface area (Å²) < 4.78 is 13.7. The number of rotatable bonds is 5. The SMILES string of the molecule is CC(C)c1cccc(C(C)C)c1P(=O)(O)c1ccc(-c2ccccc2)cc1. The Labute approximate surface area is 162 Å². The van der Waals surface area contributed by atoms with Crippen LogP contribution in [0.1, 0.15) is 50.7 Å². The Kier molecular flexibility index (Phi) is 5.69. The van der Waals surface area contributed by atoms with Gasteiger partial charge in [0.05, 0.1) is 0 Å². The molecule has 0 fully saturated rings. The highest BCUT2D eigenvalue weighted by molar-refractivity contribution is 7.73. The van der Waals surface area contributed by atoms with E-state index in [1.54, 1.807) is 12.1 Å². The van der Waals surface area contributed by atoms with Crippen molar-refractivity contribution in [3.05, 3.63) is 83.9 Å². The van der Waals surface area contributed by atoms with Crippen LogP contribution in [0.3, 0.4) is 0 Å². The molecular weight excluding hydrogens is 351 g/mol. The molecule has 0 radical (unpaired) electrons. The maximum absolute atomic E-state index is 13.7. The van der Waals surface area contributed by atoms with E-state index in [0.717, 1.165) is 22.3 Å². The van der Waals surface area contributed by atoms with Gasteiger partial charge in [0.15, 0.2) is 0 Å². The first-order valence-electron chi connectivity index (χ1n) is 9.44. The van der Waals surface area contributed by atoms with Crippen molar-refractivity contribution in [3.63, 3.8) is 0 Å². The second-order valence-electron chi connectivity index (χ2n) is 7.58. The van der Waals surface area contributed by atoms with Crippen LogP contribution in [-0.2, 0) is 4.57 Å². The molecule has 1 unspecified atom stereocenters. The minimum atomic E-state index is -3.69. The quantitative estimate of drug-likeness (QED) is 0.568. The fraction of sp³-hybridized carbons (Fsp3) is 0.250. The monoisotopic (exact) mass is 378 g/mol. The summed E-state index contributed by atoms with van der Waals surface area (Å²) in [6.07, 6.45) is 0. The van der Waals surface area contributed by atoms with E-state index in [4.69, 9.17) is 0 Å². The summed E-state index contributed by atoms with van der Waals surface area (Å²) in [7, 11) is -3.69. The lowest BCUT2D eigenvalue weighted by Crippen LogP contribution is -2.24. The Morgan fingerprint density at radius 1 is 0.667 bits per heavy atom. The minimum absolute atomic E-state index is 0.183. The number of hydrogen-bond acceptors (Lipinski definition) is 1. The highest BCUT2D eigenvalue weighted by atomic mass is 31.2. The van der Waals surface area contributed by atoms with Gasteiger partial charge in [0.1, 0.15) is 0 Å². The van der Waals surface area contributed by atoms with E-state index >= 15 is 0 Å². The van der Waals surface area contributed by atoms with Gasteiger partial charge in [0, 0.05) is 10.6 Å². The molecule has 3 aromatic rings. The maximum Gasteiger partial charge on any atom is 0.259 e. The Balaban J connectivity index is 2.11. The standard InChI is InChI=1S/C24H27O2P/c1-17(2)22-11-8-12-23(18(3)4)24(22)27(25,26)21-15-13-20(14-16-21)19-9-6-5-7-10-19/h5-18H,1-4H3,(H,25,26). The summed E-state index contributed by atoms with van der Waals surface area (Å²) in [4.78, 5) is 11.2. The molecule has 140 valence electrons. The van der Waals surface area contributed by atoms with Crippen molar-refractivity contribution in [2.75, 3.05) is 0 Å². The van der Waals surface area contributed by atoms with Crippen LogP contribution in [0.4, 0.5) is 0 Å². The van der Waals surface area contributed by atoms with Crippen LogP contribution in [0.5, 0.6) is 0 Å². The van der Waals surface area contributed by atoms with Gasteiger partial charge >= 0.3 is 0 Å². The lowest BCUT2D eigenvalue weighted by atomic mass is 9.95. The summed E-state index contributed by atoms with van der Waals surface area (Å²) in [5.74, 6) is 0.366. The molecule has 1 atom stereocenters. The van der Waals surface area contributed by atoms with Crippen molar-refractivity contribution in [3.8, 4) is 11.1 Å². The van der Waals surface area contributed by atoms with E-state index < -0.39 is 7.37 Å². The van der Waals surface area contributed by atoms with Crippen LogP contribution < -0.4 is 10.6 Å². The van der Waals surface area contributed by atoms with Crippen LogP contribution in [0, 0.1) is 0 Å². The van der Waals surface area contributed by atoms with E-state index in [1.165, 1.54) is 0 Å². The number of hydrogen-bond donors (Lipinski definition) is 1. The molecule has 3 aromatic carbocycles. The summed E-state index contributed by atoms with van der Waals surface area (Å²) in [5.41, 5.74) is 4.06. The van der Waals surface area contributed by atoms with Crippen molar-refractivity contribution in [1.82, 2.24) is 0 Å². The van der Waals surface area contributed by atoms with E-state index in [1.807, 2.05) is 60.7 Å². The molecule has 0 bridgehead atoms. The van der Waals surface area contributed by atoms with E-state index in [0.29, 0.717) is 10.6 Å². The maximum atomic E-state index is 13.7. The summed E-state index contributed by atoms with van der Waals surface area (Å²) in [5, 5.41) is 1.10. The zero-order valence-corrected chi connectivity index (χ0v) is 17.3. The van der Waals surface area contributed by atoms with Gasteiger partial charge in [0.2, 0.25) is 0 Å². The second-order valence-corrected chi connectivity index (χ2v) is 9.70. The van der Waals surface area contributed by atoms with E-state index in [2.05, 4.69) is 27.7 Å². The molecule has 0 spiro atoms. The average molecular weight is 378 g/mol. The molecule has 0 aromatic heterocycles. The molecule has 0 saturated heterocycles. The molecule has 3 heteroatoms. The van der Waals surface area contributed by atoms with Crippen molar-refractivity contribution in [2.24, 2.45) is 0 Å². The van der Waals surface area contributed by atoms with Crippen molar-refractivity contribution < 1.29 is 9.46 Å². The van der Waals surface area contributed by atoms with Crippen LogP contribution in [0.2, 0.25) is 0 Å². The fourth-order valence-corrected chi connectivity index (χ4v) is 5.65. The Hall–Kier alpha value is -2.15. The van der Waals surface area contributed by atoms with Gasteiger partial charge in [0.25, 0.3) is 7.37 Å². The van der Waals surface area contributed by atoms with Crippen LogP contribution in [0.25, 0.3) is 11.1 Å². The topological polar surface area (TPSA) is 37.3 Å². The summed E-state index contributed by atoms with van der Waals surface area (Å²) in [6.45, 7) is 8.28. The Bertz CT molecular complexity index is 931. The molecular formula is C24H27O2P. The largest absolute Gasteiger partial charge is 0.338 e. The van der Waals surface area contributed by atoms with E-state index in [-0.39, 0.29) is 11.8 Å². The first-order valence-corrected chi connectivity index (χ1v) is 11.1. The van der Waals surface area contributed by atoms with Gasteiger partial charge in [-0.25, -0.2) is 0 Å². The van der Waals surface area contributed by atoms with Crippen molar-refractivity contribution >= 4 is 18.0 Å². The predicted octanol–water partition coefficient (Wildman–Crippen LogP) is 5.82. The van der Waals surface area contributed by atoms with Gasteiger partial charge in [-0.1, -0.05) is 88.4 Å². The molecule has 0 aliphatic rings. The van der Waals surface area contributed by atoms with Crippen molar-refractivity contribution in [2.45, 2.75) is 39.5 Å². The van der Waals surface area contributed by atoms with Gasteiger partial charge < -0.3 is 4.89 Å². The minimum Gasteiger partial charge on any atom is -0.338 e. The first kappa shape index (κ1) is 19.6. The smallest absolute Gasteiger partial charge is 0.259 e. The number of benzene rings is 3. The van der Waals surface area contributed by atoms with Crippen molar-refractivity contribution in [1.29, 1.82) is 0 Å². The predicted molar refractivity (Wildman–Crippen MR) is 116 cm³/mol. The van der Waals surface area contributed by atoms with Gasteiger partial charge in [-0.2, -0.15) is 0 Å².